The molecule has 0 radical (unpaired) electrons. The SMILES string of the molecule is Cc1nnnn1-c1ccccc1C(=O)Nc1ccc(Cn2cncn2)cc1. The van der Waals surface area contributed by atoms with Gasteiger partial charge < -0.3 is 5.32 Å². The van der Waals surface area contributed by atoms with Crippen LogP contribution in [0.3, 0.4) is 0 Å². The van der Waals surface area contributed by atoms with E-state index in [4.69, 9.17) is 0 Å². The summed E-state index contributed by atoms with van der Waals surface area (Å²) >= 11 is 0. The number of para-hydroxylation sites is 1. The first-order chi connectivity index (χ1) is 13.2. The lowest BCUT2D eigenvalue weighted by molar-refractivity contribution is 0.102. The number of anilines is 1. The van der Waals surface area contributed by atoms with E-state index < -0.39 is 0 Å². The highest BCUT2D eigenvalue weighted by Gasteiger charge is 2.15. The third-order valence-electron chi connectivity index (χ3n) is 4.03. The van der Waals surface area contributed by atoms with Gasteiger partial charge in [-0.05, 0) is 47.2 Å². The van der Waals surface area contributed by atoms with Crippen LogP contribution in [0, 0.1) is 6.92 Å². The topological polar surface area (TPSA) is 103 Å². The number of aryl methyl sites for hydroxylation is 1. The van der Waals surface area contributed by atoms with E-state index in [1.807, 2.05) is 30.3 Å². The van der Waals surface area contributed by atoms with E-state index in [0.29, 0.717) is 29.3 Å². The predicted molar refractivity (Wildman–Crippen MR) is 97.4 cm³/mol. The van der Waals surface area contributed by atoms with Gasteiger partial charge in [0.25, 0.3) is 5.91 Å². The van der Waals surface area contributed by atoms with Crippen LogP contribution in [0.5, 0.6) is 0 Å². The maximum atomic E-state index is 12.8. The molecule has 0 aliphatic carbocycles. The zero-order chi connectivity index (χ0) is 18.6. The molecule has 4 aromatic rings. The van der Waals surface area contributed by atoms with Crippen molar-refractivity contribution in [1.29, 1.82) is 0 Å². The number of carbonyl (C=O) groups is 1. The molecule has 0 aliphatic heterocycles. The van der Waals surface area contributed by atoms with Gasteiger partial charge in [0.1, 0.15) is 12.7 Å². The van der Waals surface area contributed by atoms with Gasteiger partial charge in [0.15, 0.2) is 5.82 Å². The molecule has 27 heavy (non-hydrogen) atoms. The molecule has 2 aromatic carbocycles. The van der Waals surface area contributed by atoms with E-state index in [2.05, 4.69) is 30.9 Å². The standard InChI is InChI=1S/C18H16N8O/c1-13-22-23-24-26(13)17-5-3-2-4-16(17)18(27)21-15-8-6-14(7-9-15)10-25-12-19-11-20-25/h2-9,11-12H,10H2,1H3,(H,21,27). The molecular formula is C18H16N8O. The van der Waals surface area contributed by atoms with E-state index in [1.54, 1.807) is 36.1 Å². The second kappa shape index (κ2) is 7.16. The summed E-state index contributed by atoms with van der Waals surface area (Å²) in [6.07, 6.45) is 3.16. The van der Waals surface area contributed by atoms with Crippen LogP contribution in [0.15, 0.2) is 61.2 Å². The van der Waals surface area contributed by atoms with Crippen LogP contribution in [0.4, 0.5) is 5.69 Å². The van der Waals surface area contributed by atoms with Crippen molar-refractivity contribution in [3.8, 4) is 5.69 Å². The molecule has 9 heteroatoms. The fourth-order valence-corrected chi connectivity index (χ4v) is 2.70. The molecular weight excluding hydrogens is 344 g/mol. The number of rotatable bonds is 5. The molecule has 2 heterocycles. The Kier molecular flexibility index (Phi) is 4.40. The quantitative estimate of drug-likeness (QED) is 0.583. The molecule has 0 aliphatic rings. The summed E-state index contributed by atoms with van der Waals surface area (Å²) in [4.78, 5) is 16.7. The Hall–Kier alpha value is -3.88. The van der Waals surface area contributed by atoms with Gasteiger partial charge in [-0.15, -0.1) is 5.10 Å². The first kappa shape index (κ1) is 16.6. The van der Waals surface area contributed by atoms with Gasteiger partial charge in [-0.1, -0.05) is 24.3 Å². The maximum absolute atomic E-state index is 12.8. The number of benzene rings is 2. The number of carbonyl (C=O) groups excluding carboxylic acids is 1. The van der Waals surface area contributed by atoms with E-state index in [-0.39, 0.29) is 5.91 Å². The molecule has 0 saturated heterocycles. The van der Waals surface area contributed by atoms with E-state index in [1.165, 1.54) is 11.0 Å². The van der Waals surface area contributed by atoms with Crippen LogP contribution in [0.2, 0.25) is 0 Å². The summed E-state index contributed by atoms with van der Waals surface area (Å²) in [6, 6.07) is 14.8. The minimum Gasteiger partial charge on any atom is -0.322 e. The molecule has 4 rings (SSSR count). The normalized spacial score (nSPS) is 10.7. The second-order valence-electron chi connectivity index (χ2n) is 5.90. The molecule has 1 amide bonds. The van der Waals surface area contributed by atoms with Gasteiger partial charge in [0.2, 0.25) is 0 Å². The Morgan fingerprint density at radius 3 is 2.63 bits per heavy atom. The number of nitrogens with zero attached hydrogens (tertiary/aromatic N) is 7. The number of tetrazole rings is 1. The summed E-state index contributed by atoms with van der Waals surface area (Å²) in [7, 11) is 0. The zero-order valence-corrected chi connectivity index (χ0v) is 14.5. The number of hydrogen-bond acceptors (Lipinski definition) is 6. The van der Waals surface area contributed by atoms with Crippen molar-refractivity contribution in [2.24, 2.45) is 0 Å². The summed E-state index contributed by atoms with van der Waals surface area (Å²) in [6.45, 7) is 2.40. The highest BCUT2D eigenvalue weighted by molar-refractivity contribution is 6.06. The highest BCUT2D eigenvalue weighted by Crippen LogP contribution is 2.17. The number of hydrogen-bond donors (Lipinski definition) is 1. The van der Waals surface area contributed by atoms with Crippen molar-refractivity contribution >= 4 is 11.6 Å². The van der Waals surface area contributed by atoms with Gasteiger partial charge in [0.05, 0.1) is 17.8 Å². The van der Waals surface area contributed by atoms with Crippen molar-refractivity contribution in [1.82, 2.24) is 35.0 Å². The largest absolute Gasteiger partial charge is 0.322 e. The lowest BCUT2D eigenvalue weighted by Crippen LogP contribution is -2.16. The predicted octanol–water partition coefficient (Wildman–Crippen LogP) is 1.86. The number of aromatic nitrogens is 7. The molecule has 0 spiro atoms. The lowest BCUT2D eigenvalue weighted by atomic mass is 10.1. The van der Waals surface area contributed by atoms with Crippen LogP contribution >= 0.6 is 0 Å². The van der Waals surface area contributed by atoms with E-state index >= 15 is 0 Å². The smallest absolute Gasteiger partial charge is 0.257 e. The molecule has 0 fully saturated rings. The fourth-order valence-electron chi connectivity index (χ4n) is 2.70. The zero-order valence-electron chi connectivity index (χ0n) is 14.5. The average molecular weight is 360 g/mol. The van der Waals surface area contributed by atoms with Gasteiger partial charge in [-0.25, -0.2) is 9.67 Å². The van der Waals surface area contributed by atoms with Crippen LogP contribution in [-0.4, -0.2) is 40.9 Å². The van der Waals surface area contributed by atoms with Gasteiger partial charge in [0, 0.05) is 5.69 Å². The Labute approximate surface area is 154 Å². The van der Waals surface area contributed by atoms with Crippen LogP contribution < -0.4 is 5.32 Å². The molecule has 0 bridgehead atoms. The lowest BCUT2D eigenvalue weighted by Gasteiger charge is -2.11. The Balaban J connectivity index is 1.52. The summed E-state index contributed by atoms with van der Waals surface area (Å²) in [5.74, 6) is 0.372. The van der Waals surface area contributed by atoms with Crippen LogP contribution in [-0.2, 0) is 6.54 Å². The molecule has 0 atom stereocenters. The minimum atomic E-state index is -0.232. The first-order valence-electron chi connectivity index (χ1n) is 8.28. The minimum absolute atomic E-state index is 0.232. The average Bonchev–Trinajstić information content (AvgIpc) is 3.35. The Bertz CT molecular complexity index is 1050. The van der Waals surface area contributed by atoms with Crippen molar-refractivity contribution in [2.75, 3.05) is 5.32 Å². The second-order valence-corrected chi connectivity index (χ2v) is 5.90. The van der Waals surface area contributed by atoms with Crippen molar-refractivity contribution in [3.63, 3.8) is 0 Å². The monoisotopic (exact) mass is 360 g/mol. The van der Waals surface area contributed by atoms with Crippen molar-refractivity contribution in [3.05, 3.63) is 78.1 Å². The van der Waals surface area contributed by atoms with Gasteiger partial charge >= 0.3 is 0 Å². The maximum Gasteiger partial charge on any atom is 0.257 e. The van der Waals surface area contributed by atoms with Gasteiger partial charge in [-0.2, -0.15) is 9.78 Å². The molecule has 2 aromatic heterocycles. The van der Waals surface area contributed by atoms with E-state index in [0.717, 1.165) is 5.56 Å². The number of amides is 1. The van der Waals surface area contributed by atoms with Gasteiger partial charge in [-0.3, -0.25) is 4.79 Å². The van der Waals surface area contributed by atoms with Crippen molar-refractivity contribution < 1.29 is 4.79 Å². The summed E-state index contributed by atoms with van der Waals surface area (Å²) in [5, 5.41) is 18.5. The highest BCUT2D eigenvalue weighted by atomic mass is 16.1. The summed E-state index contributed by atoms with van der Waals surface area (Å²) in [5.41, 5.74) is 2.87. The Morgan fingerprint density at radius 1 is 1.11 bits per heavy atom. The number of nitrogens with one attached hydrogen (secondary N) is 1. The summed E-state index contributed by atoms with van der Waals surface area (Å²) < 4.78 is 3.27. The van der Waals surface area contributed by atoms with Crippen molar-refractivity contribution in [2.45, 2.75) is 13.5 Å². The Morgan fingerprint density at radius 2 is 1.93 bits per heavy atom. The molecule has 0 saturated carbocycles. The molecule has 9 nitrogen and oxygen atoms in total. The van der Waals surface area contributed by atoms with Crippen LogP contribution in [0.1, 0.15) is 21.7 Å². The third-order valence-corrected chi connectivity index (χ3v) is 4.03. The fraction of sp³-hybridized carbons (Fsp3) is 0.111. The third kappa shape index (κ3) is 3.56. The molecule has 134 valence electrons. The molecule has 0 unspecified atom stereocenters. The first-order valence-corrected chi connectivity index (χ1v) is 8.28. The molecule has 1 N–H and O–H groups in total. The van der Waals surface area contributed by atoms with E-state index in [9.17, 15) is 4.79 Å². The van der Waals surface area contributed by atoms with Crippen LogP contribution in [0.25, 0.3) is 5.69 Å².